The fraction of sp³-hybridized carbons (Fsp3) is 0.160. The highest BCUT2D eigenvalue weighted by atomic mass is 16.5. The van der Waals surface area contributed by atoms with E-state index in [1.54, 1.807) is 30.3 Å². The van der Waals surface area contributed by atoms with Crippen molar-refractivity contribution >= 4 is 34.4 Å². The lowest BCUT2D eigenvalue weighted by molar-refractivity contribution is -0.148. The SMILES string of the molecule is CCOc1ccc(/C=C(\C#N)C(=O)O[C@H](C)C(=O)Nc2cccc3ccccc23)cc1. The van der Waals surface area contributed by atoms with Crippen LogP contribution in [0.3, 0.4) is 0 Å². The van der Waals surface area contributed by atoms with Gasteiger partial charge in [-0.3, -0.25) is 4.79 Å². The van der Waals surface area contributed by atoms with E-state index in [1.807, 2.05) is 49.4 Å². The number of benzene rings is 3. The Hall–Kier alpha value is -4.11. The van der Waals surface area contributed by atoms with Crippen molar-refractivity contribution in [2.24, 2.45) is 0 Å². The Morgan fingerprint density at radius 2 is 1.77 bits per heavy atom. The average molecular weight is 414 g/mol. The molecule has 0 fully saturated rings. The van der Waals surface area contributed by atoms with Crippen molar-refractivity contribution in [1.82, 2.24) is 0 Å². The largest absolute Gasteiger partial charge is 0.494 e. The molecule has 0 saturated heterocycles. The smallest absolute Gasteiger partial charge is 0.349 e. The van der Waals surface area contributed by atoms with Crippen LogP contribution in [0.2, 0.25) is 0 Å². The lowest BCUT2D eigenvalue weighted by atomic mass is 10.1. The van der Waals surface area contributed by atoms with Crippen LogP contribution >= 0.6 is 0 Å². The summed E-state index contributed by atoms with van der Waals surface area (Å²) in [5, 5.41) is 14.0. The van der Waals surface area contributed by atoms with Crippen LogP contribution < -0.4 is 10.1 Å². The Balaban J connectivity index is 1.67. The Kier molecular flexibility index (Phi) is 7.02. The van der Waals surface area contributed by atoms with Crippen LogP contribution in [-0.2, 0) is 14.3 Å². The highest BCUT2D eigenvalue weighted by Gasteiger charge is 2.21. The lowest BCUT2D eigenvalue weighted by Gasteiger charge is -2.14. The first kappa shape index (κ1) is 21.6. The fourth-order valence-electron chi connectivity index (χ4n) is 2.98. The predicted octanol–water partition coefficient (Wildman–Crippen LogP) is 4.72. The molecule has 3 rings (SSSR count). The minimum Gasteiger partial charge on any atom is -0.494 e. The molecule has 0 radical (unpaired) electrons. The van der Waals surface area contributed by atoms with Crippen molar-refractivity contribution in [2.45, 2.75) is 20.0 Å². The van der Waals surface area contributed by atoms with Crippen LogP contribution in [0.1, 0.15) is 19.4 Å². The molecule has 0 spiro atoms. The van der Waals surface area contributed by atoms with Crippen molar-refractivity contribution < 1.29 is 19.1 Å². The summed E-state index contributed by atoms with van der Waals surface area (Å²) in [6, 6.07) is 22.0. The van der Waals surface area contributed by atoms with E-state index in [2.05, 4.69) is 5.32 Å². The van der Waals surface area contributed by atoms with E-state index < -0.39 is 18.0 Å². The van der Waals surface area contributed by atoms with Crippen LogP contribution in [0.4, 0.5) is 5.69 Å². The number of nitrogens with one attached hydrogen (secondary N) is 1. The van der Waals surface area contributed by atoms with Crippen LogP contribution in [0, 0.1) is 11.3 Å². The molecular formula is C25H22N2O4. The summed E-state index contributed by atoms with van der Waals surface area (Å²) in [4.78, 5) is 25.0. The molecule has 1 amide bonds. The fourth-order valence-corrected chi connectivity index (χ4v) is 2.98. The molecular weight excluding hydrogens is 392 g/mol. The number of anilines is 1. The summed E-state index contributed by atoms with van der Waals surface area (Å²) in [5.74, 6) is -0.653. The van der Waals surface area contributed by atoms with E-state index in [-0.39, 0.29) is 5.57 Å². The Morgan fingerprint density at radius 1 is 1.06 bits per heavy atom. The maximum absolute atomic E-state index is 12.6. The van der Waals surface area contributed by atoms with Gasteiger partial charge in [0.2, 0.25) is 0 Å². The molecule has 3 aromatic carbocycles. The second-order valence-electron chi connectivity index (χ2n) is 6.74. The molecule has 1 N–H and O–H groups in total. The number of nitriles is 1. The molecule has 156 valence electrons. The van der Waals surface area contributed by atoms with Gasteiger partial charge in [-0.2, -0.15) is 5.26 Å². The number of amides is 1. The monoisotopic (exact) mass is 414 g/mol. The first-order valence-electron chi connectivity index (χ1n) is 9.86. The molecule has 1 atom stereocenters. The normalized spacial score (nSPS) is 12.0. The zero-order valence-electron chi connectivity index (χ0n) is 17.3. The van der Waals surface area contributed by atoms with Gasteiger partial charge in [0.1, 0.15) is 17.4 Å². The van der Waals surface area contributed by atoms with Gasteiger partial charge >= 0.3 is 5.97 Å². The van der Waals surface area contributed by atoms with Crippen LogP contribution in [0.5, 0.6) is 5.75 Å². The summed E-state index contributed by atoms with van der Waals surface area (Å²) >= 11 is 0. The highest BCUT2D eigenvalue weighted by Crippen LogP contribution is 2.23. The van der Waals surface area contributed by atoms with Gasteiger partial charge in [-0.25, -0.2) is 4.79 Å². The second kappa shape index (κ2) is 10.1. The van der Waals surface area contributed by atoms with E-state index in [0.29, 0.717) is 23.6 Å². The predicted molar refractivity (Wildman–Crippen MR) is 119 cm³/mol. The number of rotatable bonds is 7. The topological polar surface area (TPSA) is 88.4 Å². The van der Waals surface area contributed by atoms with Gasteiger partial charge in [0, 0.05) is 11.1 Å². The lowest BCUT2D eigenvalue weighted by Crippen LogP contribution is -2.30. The standard InChI is InChI=1S/C25H22N2O4/c1-3-30-21-13-11-18(12-14-21)15-20(16-26)25(29)31-17(2)24(28)27-23-10-6-8-19-7-4-5-9-22(19)23/h4-15,17H,3H2,1-2H3,(H,27,28)/b20-15+/t17-/m1/s1. The summed E-state index contributed by atoms with van der Waals surface area (Å²) < 4.78 is 10.6. The third-order valence-electron chi connectivity index (χ3n) is 4.54. The van der Waals surface area contributed by atoms with Gasteiger partial charge in [-0.15, -0.1) is 0 Å². The van der Waals surface area contributed by atoms with Crippen molar-refractivity contribution in [2.75, 3.05) is 11.9 Å². The summed E-state index contributed by atoms with van der Waals surface area (Å²) in [5.41, 5.74) is 1.07. The van der Waals surface area contributed by atoms with Crippen LogP contribution in [0.15, 0.2) is 72.3 Å². The average Bonchev–Trinajstić information content (AvgIpc) is 2.78. The van der Waals surface area contributed by atoms with E-state index in [0.717, 1.165) is 10.8 Å². The number of hydrogen-bond donors (Lipinski definition) is 1. The van der Waals surface area contributed by atoms with E-state index in [4.69, 9.17) is 9.47 Å². The van der Waals surface area contributed by atoms with Crippen LogP contribution in [-0.4, -0.2) is 24.6 Å². The van der Waals surface area contributed by atoms with Crippen molar-refractivity contribution in [3.05, 3.63) is 77.9 Å². The Bertz CT molecular complexity index is 1150. The molecule has 6 nitrogen and oxygen atoms in total. The maximum Gasteiger partial charge on any atom is 0.349 e. The van der Waals surface area contributed by atoms with Gasteiger partial charge in [-0.05, 0) is 49.1 Å². The molecule has 0 unspecified atom stereocenters. The third kappa shape index (κ3) is 5.49. The van der Waals surface area contributed by atoms with Gasteiger partial charge in [0.15, 0.2) is 6.10 Å². The highest BCUT2D eigenvalue weighted by molar-refractivity contribution is 6.05. The quantitative estimate of drug-likeness (QED) is 0.343. The number of esters is 1. The van der Waals surface area contributed by atoms with Gasteiger partial charge in [0.05, 0.1) is 6.61 Å². The Morgan fingerprint density at radius 3 is 2.48 bits per heavy atom. The third-order valence-corrected chi connectivity index (χ3v) is 4.54. The molecule has 6 heteroatoms. The van der Waals surface area contributed by atoms with Crippen molar-refractivity contribution in [3.8, 4) is 11.8 Å². The minimum absolute atomic E-state index is 0.200. The molecule has 3 aromatic rings. The molecule has 31 heavy (non-hydrogen) atoms. The van der Waals surface area contributed by atoms with E-state index in [9.17, 15) is 14.9 Å². The maximum atomic E-state index is 12.6. The molecule has 0 aliphatic heterocycles. The van der Waals surface area contributed by atoms with Gasteiger partial charge < -0.3 is 14.8 Å². The zero-order chi connectivity index (χ0) is 22.2. The molecule has 0 bridgehead atoms. The molecule has 0 saturated carbocycles. The first-order valence-corrected chi connectivity index (χ1v) is 9.86. The summed E-state index contributed by atoms with van der Waals surface area (Å²) in [6.07, 6.45) is 0.330. The van der Waals surface area contributed by atoms with Crippen molar-refractivity contribution in [3.63, 3.8) is 0 Å². The summed E-state index contributed by atoms with van der Waals surface area (Å²) in [6.45, 7) is 3.89. The molecule has 0 aliphatic rings. The number of fused-ring (bicyclic) bond motifs is 1. The minimum atomic E-state index is -1.08. The summed E-state index contributed by atoms with van der Waals surface area (Å²) in [7, 11) is 0. The number of carbonyl (C=O) groups excluding carboxylic acids is 2. The van der Waals surface area contributed by atoms with Crippen molar-refractivity contribution in [1.29, 1.82) is 5.26 Å². The van der Waals surface area contributed by atoms with E-state index in [1.165, 1.54) is 13.0 Å². The number of hydrogen-bond acceptors (Lipinski definition) is 5. The molecule has 0 heterocycles. The number of carbonyl (C=O) groups is 2. The van der Waals surface area contributed by atoms with Crippen LogP contribution in [0.25, 0.3) is 16.8 Å². The zero-order valence-corrected chi connectivity index (χ0v) is 17.3. The molecule has 0 aliphatic carbocycles. The number of ether oxygens (including phenoxy) is 2. The second-order valence-corrected chi connectivity index (χ2v) is 6.74. The first-order chi connectivity index (χ1) is 15.0. The van der Waals surface area contributed by atoms with Gasteiger partial charge in [-0.1, -0.05) is 48.5 Å². The van der Waals surface area contributed by atoms with E-state index >= 15 is 0 Å². The number of nitrogens with zero attached hydrogens (tertiary/aromatic N) is 1. The van der Waals surface area contributed by atoms with Gasteiger partial charge in [0.25, 0.3) is 5.91 Å². The molecule has 0 aromatic heterocycles. The Labute approximate surface area is 180 Å².